The summed E-state index contributed by atoms with van der Waals surface area (Å²) in [6.07, 6.45) is 0. The largest absolute Gasteiger partial charge is 0.497 e. The fourth-order valence-corrected chi connectivity index (χ4v) is 3.33. The molecule has 0 radical (unpaired) electrons. The lowest BCUT2D eigenvalue weighted by molar-refractivity contribution is 0.399. The number of aromatic nitrogens is 2. The Morgan fingerprint density at radius 1 is 1.21 bits per heavy atom. The van der Waals surface area contributed by atoms with Crippen molar-refractivity contribution >= 4 is 23.4 Å². The number of halogens is 1. The molecule has 3 aromatic rings. The van der Waals surface area contributed by atoms with Crippen LogP contribution in [0.3, 0.4) is 0 Å². The van der Waals surface area contributed by atoms with E-state index in [2.05, 4.69) is 5.10 Å². The quantitative estimate of drug-likeness (QED) is 0.725. The molecule has 3 rings (SSSR count). The first-order chi connectivity index (χ1) is 11.6. The number of hydrogen-bond acceptors (Lipinski definition) is 4. The summed E-state index contributed by atoms with van der Waals surface area (Å²) in [5.41, 5.74) is 0.567. The van der Waals surface area contributed by atoms with Gasteiger partial charge in [-0.1, -0.05) is 47.6 Å². The highest BCUT2D eigenvalue weighted by atomic mass is 35.5. The van der Waals surface area contributed by atoms with Gasteiger partial charge in [0, 0.05) is 4.90 Å². The second-order valence-corrected chi connectivity index (χ2v) is 6.52. The van der Waals surface area contributed by atoms with Crippen molar-refractivity contribution in [3.8, 4) is 11.6 Å². The van der Waals surface area contributed by atoms with E-state index in [4.69, 9.17) is 16.3 Å². The summed E-state index contributed by atoms with van der Waals surface area (Å²) in [6.45, 7) is 0.341. The summed E-state index contributed by atoms with van der Waals surface area (Å²) in [5.74, 6) is 0.639. The predicted molar refractivity (Wildman–Crippen MR) is 94.4 cm³/mol. The number of methoxy groups -OCH3 is 1. The fraction of sp³-hybridized carbons (Fsp3) is 0.118. The Balaban J connectivity index is 1.86. The normalized spacial score (nSPS) is 10.8. The van der Waals surface area contributed by atoms with Gasteiger partial charge < -0.3 is 9.84 Å². The van der Waals surface area contributed by atoms with Crippen LogP contribution < -0.4 is 10.3 Å². The number of H-pyrrole nitrogens is 1. The van der Waals surface area contributed by atoms with Crippen molar-refractivity contribution in [2.24, 2.45) is 0 Å². The van der Waals surface area contributed by atoms with Crippen LogP contribution in [0.25, 0.3) is 0 Å². The SMILES string of the molecule is COc1ccc(Cn2[nH]c(=O)c(Sc3ccccc3Cl)c2O)cc1. The number of aromatic amines is 1. The van der Waals surface area contributed by atoms with Crippen molar-refractivity contribution in [3.63, 3.8) is 0 Å². The van der Waals surface area contributed by atoms with E-state index in [0.29, 0.717) is 16.5 Å². The average molecular weight is 363 g/mol. The summed E-state index contributed by atoms with van der Waals surface area (Å²) >= 11 is 7.25. The zero-order valence-corrected chi connectivity index (χ0v) is 14.4. The molecule has 24 heavy (non-hydrogen) atoms. The van der Waals surface area contributed by atoms with Crippen LogP contribution in [0.5, 0.6) is 11.6 Å². The van der Waals surface area contributed by atoms with Crippen molar-refractivity contribution < 1.29 is 9.84 Å². The number of benzene rings is 2. The van der Waals surface area contributed by atoms with Gasteiger partial charge in [-0.3, -0.25) is 9.89 Å². The van der Waals surface area contributed by atoms with E-state index in [-0.39, 0.29) is 16.3 Å². The van der Waals surface area contributed by atoms with Crippen molar-refractivity contribution in [1.82, 2.24) is 9.78 Å². The summed E-state index contributed by atoms with van der Waals surface area (Å²) in [6, 6.07) is 14.6. The van der Waals surface area contributed by atoms with Crippen molar-refractivity contribution in [2.75, 3.05) is 7.11 Å². The zero-order valence-electron chi connectivity index (χ0n) is 12.8. The zero-order chi connectivity index (χ0) is 17.1. The molecule has 0 unspecified atom stereocenters. The maximum Gasteiger partial charge on any atom is 0.282 e. The highest BCUT2D eigenvalue weighted by molar-refractivity contribution is 7.99. The van der Waals surface area contributed by atoms with E-state index in [1.54, 1.807) is 19.2 Å². The Bertz CT molecular complexity index is 903. The first kappa shape index (κ1) is 16.5. The van der Waals surface area contributed by atoms with Crippen LogP contribution in [-0.2, 0) is 6.54 Å². The van der Waals surface area contributed by atoms with Gasteiger partial charge in [0.1, 0.15) is 10.6 Å². The molecule has 124 valence electrons. The third-order valence-corrected chi connectivity index (χ3v) is 5.04. The molecule has 1 heterocycles. The van der Waals surface area contributed by atoms with Crippen LogP contribution in [0.4, 0.5) is 0 Å². The van der Waals surface area contributed by atoms with E-state index >= 15 is 0 Å². The van der Waals surface area contributed by atoms with Gasteiger partial charge in [0.25, 0.3) is 5.56 Å². The Morgan fingerprint density at radius 2 is 1.92 bits per heavy atom. The second kappa shape index (κ2) is 7.07. The van der Waals surface area contributed by atoms with E-state index in [0.717, 1.165) is 23.1 Å². The Labute approximate surface area is 147 Å². The first-order valence-electron chi connectivity index (χ1n) is 7.15. The standard InChI is InChI=1S/C17H15ClN2O3S/c1-23-12-8-6-11(7-9-12)10-20-17(22)15(16(21)19-20)24-14-5-3-2-4-13(14)18/h2-9,22H,10H2,1H3,(H,19,21). The summed E-state index contributed by atoms with van der Waals surface area (Å²) in [7, 11) is 1.60. The third-order valence-electron chi connectivity index (χ3n) is 3.45. The molecule has 1 aromatic heterocycles. The minimum atomic E-state index is -0.356. The number of hydrogen-bond donors (Lipinski definition) is 2. The molecule has 0 spiro atoms. The van der Waals surface area contributed by atoms with E-state index in [1.807, 2.05) is 36.4 Å². The highest BCUT2D eigenvalue weighted by Crippen LogP contribution is 2.35. The topological polar surface area (TPSA) is 67.2 Å². The lowest BCUT2D eigenvalue weighted by Gasteiger charge is -2.06. The smallest absolute Gasteiger partial charge is 0.282 e. The van der Waals surface area contributed by atoms with E-state index in [9.17, 15) is 9.90 Å². The molecule has 0 saturated carbocycles. The number of nitrogens with one attached hydrogen (secondary N) is 1. The molecule has 0 fully saturated rings. The number of nitrogens with zero attached hydrogens (tertiary/aromatic N) is 1. The van der Waals surface area contributed by atoms with Crippen molar-refractivity contribution in [3.05, 3.63) is 69.5 Å². The molecule has 2 N–H and O–H groups in total. The molecule has 0 bridgehead atoms. The molecule has 0 saturated heterocycles. The van der Waals surface area contributed by atoms with Gasteiger partial charge in [-0.25, -0.2) is 4.68 Å². The third kappa shape index (κ3) is 3.44. The van der Waals surface area contributed by atoms with Gasteiger partial charge in [0.2, 0.25) is 5.88 Å². The lowest BCUT2D eigenvalue weighted by Crippen LogP contribution is -2.07. The first-order valence-corrected chi connectivity index (χ1v) is 8.35. The van der Waals surface area contributed by atoms with E-state index in [1.165, 1.54) is 4.68 Å². The summed E-state index contributed by atoms with van der Waals surface area (Å²) in [4.78, 5) is 13.1. The van der Waals surface area contributed by atoms with Crippen molar-refractivity contribution in [1.29, 1.82) is 0 Å². The van der Waals surface area contributed by atoms with Crippen LogP contribution >= 0.6 is 23.4 Å². The maximum absolute atomic E-state index is 12.1. The molecule has 0 aliphatic heterocycles. The van der Waals surface area contributed by atoms with Gasteiger partial charge >= 0.3 is 0 Å². The number of aromatic hydroxyl groups is 1. The molecule has 0 aliphatic rings. The molecule has 0 atom stereocenters. The monoisotopic (exact) mass is 362 g/mol. The van der Waals surface area contributed by atoms with Crippen LogP contribution in [0.1, 0.15) is 5.56 Å². The van der Waals surface area contributed by atoms with Gasteiger partial charge in [0.05, 0.1) is 18.7 Å². The van der Waals surface area contributed by atoms with Crippen LogP contribution in [-0.4, -0.2) is 22.0 Å². The van der Waals surface area contributed by atoms with Gasteiger partial charge in [-0.15, -0.1) is 0 Å². The summed E-state index contributed by atoms with van der Waals surface area (Å²) in [5, 5.41) is 13.5. The minimum absolute atomic E-state index is 0.110. The van der Waals surface area contributed by atoms with Crippen LogP contribution in [0, 0.1) is 0 Å². The van der Waals surface area contributed by atoms with Gasteiger partial charge in [-0.05, 0) is 29.8 Å². The molecule has 0 amide bonds. The number of rotatable bonds is 5. The fourth-order valence-electron chi connectivity index (χ4n) is 2.21. The maximum atomic E-state index is 12.1. The molecule has 5 nitrogen and oxygen atoms in total. The van der Waals surface area contributed by atoms with Crippen molar-refractivity contribution in [2.45, 2.75) is 16.3 Å². The van der Waals surface area contributed by atoms with Crippen LogP contribution in [0.15, 0.2) is 63.1 Å². The second-order valence-electron chi connectivity index (χ2n) is 5.06. The number of ether oxygens (including phenoxy) is 1. The Morgan fingerprint density at radius 3 is 2.58 bits per heavy atom. The van der Waals surface area contributed by atoms with Crippen LogP contribution in [0.2, 0.25) is 5.02 Å². The Hall–Kier alpha value is -2.31. The molecule has 0 aliphatic carbocycles. The van der Waals surface area contributed by atoms with Gasteiger partial charge in [-0.2, -0.15) is 0 Å². The average Bonchev–Trinajstić information content (AvgIpc) is 2.85. The molecular weight excluding hydrogens is 348 g/mol. The minimum Gasteiger partial charge on any atom is -0.497 e. The highest BCUT2D eigenvalue weighted by Gasteiger charge is 2.16. The summed E-state index contributed by atoms with van der Waals surface area (Å²) < 4.78 is 6.52. The molecular formula is C17H15ClN2O3S. The van der Waals surface area contributed by atoms with Gasteiger partial charge in [0.15, 0.2) is 0 Å². The Kier molecular flexibility index (Phi) is 4.87. The van der Waals surface area contributed by atoms with E-state index < -0.39 is 0 Å². The molecule has 2 aromatic carbocycles. The molecule has 7 heteroatoms. The predicted octanol–water partition coefficient (Wildman–Crippen LogP) is 3.74. The lowest BCUT2D eigenvalue weighted by atomic mass is 10.2.